The van der Waals surface area contributed by atoms with Crippen LogP contribution in [0.25, 0.3) is 0 Å². The van der Waals surface area contributed by atoms with Gasteiger partial charge in [-0.25, -0.2) is 0 Å². The van der Waals surface area contributed by atoms with Crippen molar-refractivity contribution < 1.29 is 0 Å². The first-order chi connectivity index (χ1) is 14.2. The molecule has 3 heteroatoms. The molecule has 0 saturated heterocycles. The number of terminal acetylenes is 1. The van der Waals surface area contributed by atoms with Gasteiger partial charge in [-0.2, -0.15) is 0 Å². The zero-order valence-electron chi connectivity index (χ0n) is 18.7. The van der Waals surface area contributed by atoms with Crippen LogP contribution in [0.5, 0.6) is 0 Å². The van der Waals surface area contributed by atoms with E-state index in [9.17, 15) is 0 Å². The number of hydrogen-bond donors (Lipinski definition) is 2. The van der Waals surface area contributed by atoms with Crippen LogP contribution in [-0.2, 0) is 0 Å². The van der Waals surface area contributed by atoms with E-state index in [0.717, 1.165) is 51.9 Å². The lowest BCUT2D eigenvalue weighted by Gasteiger charge is -2.27. The van der Waals surface area contributed by atoms with Gasteiger partial charge in [-0.3, -0.25) is 9.62 Å². The lowest BCUT2D eigenvalue weighted by molar-refractivity contribution is 0.266. The molecule has 1 rings (SSSR count). The van der Waals surface area contributed by atoms with Crippen LogP contribution in [0.2, 0.25) is 0 Å². The predicted molar refractivity (Wildman–Crippen MR) is 137 cm³/mol. The van der Waals surface area contributed by atoms with Crippen molar-refractivity contribution >= 4 is 12.8 Å². The van der Waals surface area contributed by atoms with Gasteiger partial charge in [0, 0.05) is 26.2 Å². The highest BCUT2D eigenvalue weighted by Gasteiger charge is 2.13. The molecular weight excluding hydrogens is 372 g/mol. The summed E-state index contributed by atoms with van der Waals surface area (Å²) in [6.07, 6.45) is 28.5. The van der Waals surface area contributed by atoms with E-state index in [1.807, 2.05) is 32.1 Å². The van der Waals surface area contributed by atoms with Crippen molar-refractivity contribution in [1.29, 1.82) is 0 Å². The van der Waals surface area contributed by atoms with Gasteiger partial charge in [0.2, 0.25) is 0 Å². The third-order valence-electron chi connectivity index (χ3n) is 4.48. The molecule has 0 amide bonds. The van der Waals surface area contributed by atoms with Gasteiger partial charge in [0.25, 0.3) is 0 Å². The van der Waals surface area contributed by atoms with Gasteiger partial charge in [0.05, 0.1) is 0 Å². The van der Waals surface area contributed by atoms with Crippen molar-refractivity contribution in [2.24, 2.45) is 5.92 Å². The lowest BCUT2D eigenvalue weighted by Crippen LogP contribution is -2.35. The molecule has 0 bridgehead atoms. The zero-order valence-corrected chi connectivity index (χ0v) is 19.5. The molecule has 1 aliphatic carbocycles. The third-order valence-corrected chi connectivity index (χ3v) is 4.70. The summed E-state index contributed by atoms with van der Waals surface area (Å²) < 4.78 is 2.97. The Morgan fingerprint density at radius 1 is 1.28 bits per heavy atom. The topological polar surface area (TPSA) is 15.3 Å². The van der Waals surface area contributed by atoms with Crippen molar-refractivity contribution in [1.82, 2.24) is 9.62 Å². The smallest absolute Gasteiger partial charge is 0.0231 e. The Bertz CT molecular complexity index is 540. The quantitative estimate of drug-likeness (QED) is 0.145. The second kappa shape index (κ2) is 22.6. The normalized spacial score (nSPS) is 13.9. The summed E-state index contributed by atoms with van der Waals surface area (Å²) in [6, 6.07) is 0. The molecule has 1 atom stereocenters. The fourth-order valence-electron chi connectivity index (χ4n) is 3.07. The Hall–Kier alpha value is -1.73. The van der Waals surface area contributed by atoms with E-state index < -0.39 is 0 Å². The molecule has 0 aromatic rings. The van der Waals surface area contributed by atoms with Gasteiger partial charge in [0.1, 0.15) is 0 Å². The van der Waals surface area contributed by atoms with Gasteiger partial charge < -0.3 is 0 Å². The highest BCUT2D eigenvalue weighted by Crippen LogP contribution is 2.17. The average molecular weight is 415 g/mol. The van der Waals surface area contributed by atoms with E-state index in [1.54, 1.807) is 0 Å². The summed E-state index contributed by atoms with van der Waals surface area (Å²) in [6.45, 7) is 19.6. The fourth-order valence-corrected chi connectivity index (χ4v) is 3.17. The van der Waals surface area contributed by atoms with Gasteiger partial charge in [-0.1, -0.05) is 82.4 Å². The number of nitrogens with zero attached hydrogens (tertiary/aromatic N) is 1. The predicted octanol–water partition coefficient (Wildman–Crippen LogP) is 6.55. The van der Waals surface area contributed by atoms with Gasteiger partial charge in [-0.05, 0) is 49.2 Å². The molecule has 0 spiro atoms. The molecule has 0 radical (unpaired) electrons. The summed E-state index contributed by atoms with van der Waals surface area (Å²) in [5, 5.41) is 0. The Labute approximate surface area is 186 Å². The van der Waals surface area contributed by atoms with Crippen LogP contribution in [0.4, 0.5) is 0 Å². The highest BCUT2D eigenvalue weighted by molar-refractivity contribution is 7.78. The molecule has 0 aromatic heterocycles. The van der Waals surface area contributed by atoms with Gasteiger partial charge in [-0.15, -0.1) is 19.4 Å². The van der Waals surface area contributed by atoms with E-state index in [2.05, 4.69) is 79.3 Å². The van der Waals surface area contributed by atoms with Crippen molar-refractivity contribution in [3.8, 4) is 12.8 Å². The second-order valence-electron chi connectivity index (χ2n) is 6.47. The van der Waals surface area contributed by atoms with E-state index in [-0.39, 0.29) is 0 Å². The minimum absolute atomic E-state index is 0.503. The molecule has 1 N–H and O–H groups in total. The second-order valence-corrected chi connectivity index (χ2v) is 6.79. The Morgan fingerprint density at radius 3 is 2.52 bits per heavy atom. The largest absolute Gasteiger partial charge is 0.297 e. The molecule has 0 heterocycles. The first kappa shape index (κ1) is 29.5. The summed E-state index contributed by atoms with van der Waals surface area (Å²) in [5.41, 5.74) is 2.68. The van der Waals surface area contributed by atoms with Crippen LogP contribution in [0.15, 0.2) is 73.4 Å². The molecule has 0 fully saturated rings. The maximum Gasteiger partial charge on any atom is 0.0231 e. The first-order valence-corrected chi connectivity index (χ1v) is 11.0. The van der Waals surface area contributed by atoms with E-state index in [0.29, 0.717) is 5.92 Å². The molecule has 0 aromatic carbocycles. The van der Waals surface area contributed by atoms with Crippen LogP contribution in [0, 0.1) is 18.8 Å². The fraction of sp³-hybridized carbons (Fsp3) is 0.462. The minimum atomic E-state index is 0.503. The minimum Gasteiger partial charge on any atom is -0.297 e. The van der Waals surface area contributed by atoms with Gasteiger partial charge >= 0.3 is 0 Å². The third kappa shape index (κ3) is 15.8. The molecule has 2 nitrogen and oxygen atoms in total. The first-order valence-electron chi connectivity index (χ1n) is 10.6. The molecule has 1 aliphatic rings. The summed E-state index contributed by atoms with van der Waals surface area (Å²) in [5.74, 6) is 0.503. The monoisotopic (exact) mass is 414 g/mol. The van der Waals surface area contributed by atoms with E-state index in [4.69, 9.17) is 0 Å². The van der Waals surface area contributed by atoms with E-state index in [1.165, 1.54) is 17.6 Å². The van der Waals surface area contributed by atoms with Crippen LogP contribution < -0.4 is 4.72 Å². The molecule has 29 heavy (non-hydrogen) atoms. The number of hydrogen-bond acceptors (Lipinski definition) is 3. The van der Waals surface area contributed by atoms with Crippen LogP contribution in [0.3, 0.4) is 0 Å². The molecular formula is C26H42N2S. The van der Waals surface area contributed by atoms with Crippen LogP contribution >= 0.6 is 12.8 Å². The number of thiol groups is 1. The maximum absolute atomic E-state index is 4.14. The average Bonchev–Trinajstić information content (AvgIpc) is 2.79. The Morgan fingerprint density at radius 2 is 2.00 bits per heavy atom. The number of nitrogens with one attached hydrogen (secondary N) is 1. The Kier molecular flexibility index (Phi) is 22.9. The zero-order chi connectivity index (χ0) is 22.3. The number of rotatable bonds is 14. The van der Waals surface area contributed by atoms with Crippen molar-refractivity contribution in [2.75, 3.05) is 26.2 Å². The highest BCUT2D eigenvalue weighted by atomic mass is 32.1. The number of allylic oxidation sites excluding steroid dienone is 6. The van der Waals surface area contributed by atoms with Crippen LogP contribution in [0.1, 0.15) is 46.0 Å². The van der Waals surface area contributed by atoms with Crippen molar-refractivity contribution in [3.05, 3.63) is 73.4 Å². The lowest BCUT2D eigenvalue weighted by atomic mass is 9.98. The van der Waals surface area contributed by atoms with Crippen molar-refractivity contribution in [2.45, 2.75) is 46.0 Å². The SMILES string of the molecule is C#C.C=C/C=C(\C=C)CCCC(C=C)CN(CCNS)CC1=CCCC=C1.CC. The molecule has 0 saturated carbocycles. The maximum atomic E-state index is 4.14. The summed E-state index contributed by atoms with van der Waals surface area (Å²) in [7, 11) is 0. The Balaban J connectivity index is 0. The molecule has 162 valence electrons. The van der Waals surface area contributed by atoms with Crippen LogP contribution in [-0.4, -0.2) is 31.1 Å². The molecule has 0 aliphatic heterocycles. The summed E-state index contributed by atoms with van der Waals surface area (Å²) in [4.78, 5) is 2.51. The van der Waals surface area contributed by atoms with Crippen molar-refractivity contribution in [3.63, 3.8) is 0 Å². The van der Waals surface area contributed by atoms with Gasteiger partial charge in [0.15, 0.2) is 0 Å². The molecule has 1 unspecified atom stereocenters. The summed E-state index contributed by atoms with van der Waals surface area (Å²) >= 11 is 4.14. The van der Waals surface area contributed by atoms with E-state index >= 15 is 0 Å². The standard InChI is InChI=1S/C22H34N2S.C2H6.C2H2/c1-4-11-20(5-2)14-10-15-21(6-3)18-24(17-16-23-25)19-22-12-8-7-9-13-22;2*1-2/h4-6,8,11-13,21,23,25H,1-3,7,9-10,14-19H2;1-2H3;1-2H/b20-11+;;.